The molecule has 6 nitrogen and oxygen atoms in total. The maximum atomic E-state index is 12.4. The molecule has 0 aliphatic carbocycles. The number of aryl methyl sites for hydroxylation is 1. The minimum atomic E-state index is -3.75. The summed E-state index contributed by atoms with van der Waals surface area (Å²) in [6.07, 6.45) is 1.65. The van der Waals surface area contributed by atoms with Gasteiger partial charge in [-0.1, -0.05) is 36.4 Å². The fourth-order valence-corrected chi connectivity index (χ4v) is 5.02. The average molecular weight is 408 g/mol. The molecule has 2 aromatic rings. The highest BCUT2D eigenvalue weighted by atomic mass is 32.2. The van der Waals surface area contributed by atoms with Crippen LogP contribution in [0.5, 0.6) is 0 Å². The quantitative estimate of drug-likeness (QED) is 0.729. The second-order valence-corrected chi connectivity index (χ2v) is 9.33. The van der Waals surface area contributed by atoms with E-state index in [1.54, 1.807) is 11.3 Å². The third kappa shape index (κ3) is 6.14. The van der Waals surface area contributed by atoms with Crippen LogP contribution in [0, 0.1) is 0 Å². The standard InChI is InChI=1S/C19H25N3O3S2/c23-19(10-4-8-18-9-5-15-26-18)20-27(24,25)22-13-11-21(12-14-22)16-17-6-2-1-3-7-17/h1-3,5-7,9,15H,4,8,10-14,16H2,(H,20,23). The van der Waals surface area contributed by atoms with Gasteiger partial charge in [0.1, 0.15) is 0 Å². The molecule has 1 N–H and O–H groups in total. The van der Waals surface area contributed by atoms with Crippen LogP contribution in [0.3, 0.4) is 0 Å². The Labute approximate surface area is 165 Å². The predicted molar refractivity (Wildman–Crippen MR) is 108 cm³/mol. The number of carbonyl (C=O) groups is 1. The molecule has 146 valence electrons. The molecule has 27 heavy (non-hydrogen) atoms. The van der Waals surface area contributed by atoms with Crippen LogP contribution in [-0.2, 0) is 28.0 Å². The van der Waals surface area contributed by atoms with E-state index in [4.69, 9.17) is 0 Å². The molecule has 1 fully saturated rings. The fourth-order valence-electron chi connectivity index (χ4n) is 3.11. The summed E-state index contributed by atoms with van der Waals surface area (Å²) in [7, 11) is -3.75. The molecule has 0 bridgehead atoms. The summed E-state index contributed by atoms with van der Waals surface area (Å²) in [5, 5.41) is 2.00. The summed E-state index contributed by atoms with van der Waals surface area (Å²) in [5.74, 6) is -0.432. The van der Waals surface area contributed by atoms with Gasteiger partial charge < -0.3 is 0 Å². The highest BCUT2D eigenvalue weighted by molar-refractivity contribution is 7.87. The maximum absolute atomic E-state index is 12.4. The molecular weight excluding hydrogens is 382 g/mol. The molecule has 1 amide bonds. The Balaban J connectivity index is 1.41. The third-order valence-electron chi connectivity index (χ3n) is 4.57. The van der Waals surface area contributed by atoms with Crippen molar-refractivity contribution in [3.63, 3.8) is 0 Å². The van der Waals surface area contributed by atoms with E-state index < -0.39 is 16.1 Å². The molecule has 0 unspecified atom stereocenters. The number of benzene rings is 1. The Kier molecular flexibility index (Phi) is 7.01. The number of hydrogen-bond donors (Lipinski definition) is 1. The van der Waals surface area contributed by atoms with Crippen LogP contribution >= 0.6 is 11.3 Å². The van der Waals surface area contributed by atoms with Crippen molar-refractivity contribution in [2.75, 3.05) is 26.2 Å². The second-order valence-electron chi connectivity index (χ2n) is 6.62. The summed E-state index contributed by atoms with van der Waals surface area (Å²) in [6.45, 7) is 2.91. The van der Waals surface area contributed by atoms with Gasteiger partial charge in [-0.15, -0.1) is 11.3 Å². The molecule has 0 atom stereocenters. The first-order valence-electron chi connectivity index (χ1n) is 9.12. The van der Waals surface area contributed by atoms with Crippen LogP contribution in [0.1, 0.15) is 23.3 Å². The summed E-state index contributed by atoms with van der Waals surface area (Å²) in [4.78, 5) is 15.4. The molecular formula is C19H25N3O3S2. The highest BCUT2D eigenvalue weighted by Gasteiger charge is 2.28. The van der Waals surface area contributed by atoms with Crippen molar-refractivity contribution in [3.05, 3.63) is 58.3 Å². The van der Waals surface area contributed by atoms with Gasteiger partial charge in [-0.05, 0) is 29.9 Å². The van der Waals surface area contributed by atoms with Crippen molar-refractivity contribution in [2.24, 2.45) is 0 Å². The van der Waals surface area contributed by atoms with E-state index in [0.717, 1.165) is 13.0 Å². The summed E-state index contributed by atoms with van der Waals surface area (Å²) in [6, 6.07) is 14.1. The molecule has 3 rings (SSSR count). The van der Waals surface area contributed by atoms with Crippen LogP contribution in [0.4, 0.5) is 0 Å². The van der Waals surface area contributed by atoms with E-state index >= 15 is 0 Å². The number of nitrogens with one attached hydrogen (secondary N) is 1. The SMILES string of the molecule is O=C(CCCc1cccs1)NS(=O)(=O)N1CCN(Cc2ccccc2)CC1. The third-order valence-corrected chi connectivity index (χ3v) is 7.04. The molecule has 1 aromatic heterocycles. The van der Waals surface area contributed by atoms with Gasteiger partial charge in [-0.3, -0.25) is 9.69 Å². The minimum absolute atomic E-state index is 0.213. The average Bonchev–Trinajstić information content (AvgIpc) is 3.16. The van der Waals surface area contributed by atoms with E-state index in [-0.39, 0.29) is 6.42 Å². The van der Waals surface area contributed by atoms with Crippen molar-refractivity contribution in [2.45, 2.75) is 25.8 Å². The number of thiophene rings is 1. The maximum Gasteiger partial charge on any atom is 0.303 e. The molecule has 1 aliphatic rings. The van der Waals surface area contributed by atoms with E-state index in [1.165, 1.54) is 14.7 Å². The van der Waals surface area contributed by atoms with E-state index in [9.17, 15) is 13.2 Å². The van der Waals surface area contributed by atoms with Crippen LogP contribution in [0.25, 0.3) is 0 Å². The molecule has 0 radical (unpaired) electrons. The smallest absolute Gasteiger partial charge is 0.296 e. The Morgan fingerprint density at radius 2 is 1.78 bits per heavy atom. The lowest BCUT2D eigenvalue weighted by Gasteiger charge is -2.33. The monoisotopic (exact) mass is 407 g/mol. The second kappa shape index (κ2) is 9.45. The molecule has 8 heteroatoms. The highest BCUT2D eigenvalue weighted by Crippen LogP contribution is 2.13. The van der Waals surface area contributed by atoms with E-state index in [1.807, 2.05) is 35.7 Å². The summed E-state index contributed by atoms with van der Waals surface area (Å²) in [5.41, 5.74) is 1.22. The number of piperazine rings is 1. The Morgan fingerprint density at radius 1 is 1.04 bits per heavy atom. The lowest BCUT2D eigenvalue weighted by atomic mass is 10.2. The lowest BCUT2D eigenvalue weighted by molar-refractivity contribution is -0.119. The van der Waals surface area contributed by atoms with Crippen molar-refractivity contribution in [1.29, 1.82) is 0 Å². The van der Waals surface area contributed by atoms with Crippen LogP contribution in [0.15, 0.2) is 47.8 Å². The largest absolute Gasteiger partial charge is 0.303 e. The van der Waals surface area contributed by atoms with E-state index in [2.05, 4.69) is 21.8 Å². The number of hydrogen-bond acceptors (Lipinski definition) is 5. The zero-order valence-electron chi connectivity index (χ0n) is 15.2. The zero-order valence-corrected chi connectivity index (χ0v) is 16.8. The fraction of sp³-hybridized carbons (Fsp3) is 0.421. The van der Waals surface area contributed by atoms with Crippen LogP contribution < -0.4 is 4.72 Å². The molecule has 1 aliphatic heterocycles. The normalized spacial score (nSPS) is 16.3. The van der Waals surface area contributed by atoms with Gasteiger partial charge >= 0.3 is 10.2 Å². The van der Waals surface area contributed by atoms with Gasteiger partial charge in [0.05, 0.1) is 0 Å². The Morgan fingerprint density at radius 3 is 2.44 bits per heavy atom. The number of carbonyl (C=O) groups excluding carboxylic acids is 1. The molecule has 1 saturated heterocycles. The van der Waals surface area contributed by atoms with Gasteiger partial charge in [0.2, 0.25) is 5.91 Å². The van der Waals surface area contributed by atoms with Gasteiger partial charge in [-0.2, -0.15) is 12.7 Å². The van der Waals surface area contributed by atoms with Crippen molar-refractivity contribution < 1.29 is 13.2 Å². The zero-order chi connectivity index (χ0) is 19.1. The van der Waals surface area contributed by atoms with Gasteiger partial charge in [0.15, 0.2) is 0 Å². The predicted octanol–water partition coefficient (Wildman–Crippen LogP) is 2.25. The minimum Gasteiger partial charge on any atom is -0.296 e. The number of rotatable bonds is 8. The van der Waals surface area contributed by atoms with E-state index in [0.29, 0.717) is 32.6 Å². The summed E-state index contributed by atoms with van der Waals surface area (Å²) < 4.78 is 28.4. The first-order valence-corrected chi connectivity index (χ1v) is 11.4. The van der Waals surface area contributed by atoms with Crippen molar-refractivity contribution in [1.82, 2.24) is 13.9 Å². The van der Waals surface area contributed by atoms with Gasteiger partial charge in [0.25, 0.3) is 0 Å². The first-order chi connectivity index (χ1) is 13.0. The Bertz CT molecular complexity index is 815. The Hall–Kier alpha value is -1.74. The molecule has 0 spiro atoms. The summed E-state index contributed by atoms with van der Waals surface area (Å²) >= 11 is 1.65. The number of nitrogens with zero attached hydrogens (tertiary/aromatic N) is 2. The molecule has 2 heterocycles. The topological polar surface area (TPSA) is 69.7 Å². The van der Waals surface area contributed by atoms with Gasteiger partial charge in [0, 0.05) is 44.0 Å². The van der Waals surface area contributed by atoms with Crippen LogP contribution in [-0.4, -0.2) is 49.7 Å². The van der Waals surface area contributed by atoms with Crippen LogP contribution in [0.2, 0.25) is 0 Å². The molecule has 0 saturated carbocycles. The van der Waals surface area contributed by atoms with Gasteiger partial charge in [-0.25, -0.2) is 4.72 Å². The van der Waals surface area contributed by atoms with Crippen molar-refractivity contribution >= 4 is 27.5 Å². The lowest BCUT2D eigenvalue weighted by Crippen LogP contribution is -2.52. The first kappa shape index (κ1) is 20.0. The number of amides is 1. The molecule has 1 aromatic carbocycles. The van der Waals surface area contributed by atoms with Crippen molar-refractivity contribution in [3.8, 4) is 0 Å².